The molecule has 1 nitrogen and oxygen atoms in total. The molecule has 1 aliphatic heterocycles. The van der Waals surface area contributed by atoms with Crippen LogP contribution in [0, 0.1) is 5.92 Å². The van der Waals surface area contributed by atoms with Gasteiger partial charge in [0, 0.05) is 5.02 Å². The van der Waals surface area contributed by atoms with Crippen molar-refractivity contribution in [3.63, 3.8) is 0 Å². The van der Waals surface area contributed by atoms with Crippen LogP contribution in [0.2, 0.25) is 5.02 Å². The van der Waals surface area contributed by atoms with Crippen LogP contribution in [0.4, 0.5) is 4.39 Å². The van der Waals surface area contributed by atoms with Crippen LogP contribution in [0.15, 0.2) is 24.3 Å². The molecule has 0 aromatic heterocycles. The average Bonchev–Trinajstić information content (AvgIpc) is 2.56. The minimum atomic E-state index is -0.876. The van der Waals surface area contributed by atoms with Crippen molar-refractivity contribution in [3.8, 4) is 0 Å². The van der Waals surface area contributed by atoms with Gasteiger partial charge >= 0.3 is 0 Å². The van der Waals surface area contributed by atoms with Crippen LogP contribution in [0.25, 0.3) is 0 Å². The second-order valence-corrected chi connectivity index (χ2v) is 4.83. The van der Waals surface area contributed by atoms with Crippen molar-refractivity contribution < 1.29 is 4.39 Å². The Kier molecular flexibility index (Phi) is 4.19. The molecule has 3 heteroatoms. The van der Waals surface area contributed by atoms with Crippen molar-refractivity contribution in [2.24, 2.45) is 5.92 Å². The number of halogens is 2. The SMILES string of the molecule is FC(c1cccc(Cl)c1)C1CCCNCC1. The number of hydrogen-bond donors (Lipinski definition) is 1. The molecule has 0 radical (unpaired) electrons. The first-order valence-electron chi connectivity index (χ1n) is 5.87. The lowest BCUT2D eigenvalue weighted by Gasteiger charge is -2.19. The average molecular weight is 242 g/mol. The van der Waals surface area contributed by atoms with E-state index in [0.29, 0.717) is 5.02 Å². The summed E-state index contributed by atoms with van der Waals surface area (Å²) in [5.74, 6) is 0.133. The van der Waals surface area contributed by atoms with Crippen molar-refractivity contribution in [2.75, 3.05) is 13.1 Å². The van der Waals surface area contributed by atoms with E-state index < -0.39 is 6.17 Å². The molecule has 1 saturated heterocycles. The predicted octanol–water partition coefficient (Wildman–Crippen LogP) is 3.74. The predicted molar refractivity (Wildman–Crippen MR) is 65.5 cm³/mol. The Labute approximate surface area is 101 Å². The maximum Gasteiger partial charge on any atom is 0.128 e. The maximum atomic E-state index is 14.3. The quantitative estimate of drug-likeness (QED) is 0.832. The molecule has 0 aliphatic carbocycles. The highest BCUT2D eigenvalue weighted by Crippen LogP contribution is 2.33. The van der Waals surface area contributed by atoms with Gasteiger partial charge in [-0.3, -0.25) is 0 Å². The van der Waals surface area contributed by atoms with Gasteiger partial charge in [-0.15, -0.1) is 0 Å². The van der Waals surface area contributed by atoms with Gasteiger partial charge in [0.1, 0.15) is 6.17 Å². The highest BCUT2D eigenvalue weighted by Gasteiger charge is 2.23. The van der Waals surface area contributed by atoms with Gasteiger partial charge in [-0.05, 0) is 56.0 Å². The molecule has 2 unspecified atom stereocenters. The van der Waals surface area contributed by atoms with Crippen molar-refractivity contribution in [3.05, 3.63) is 34.9 Å². The Morgan fingerprint density at radius 1 is 1.31 bits per heavy atom. The van der Waals surface area contributed by atoms with E-state index in [2.05, 4.69) is 5.32 Å². The normalized spacial score (nSPS) is 23.8. The number of benzene rings is 1. The number of rotatable bonds is 2. The van der Waals surface area contributed by atoms with E-state index in [4.69, 9.17) is 11.6 Å². The third-order valence-corrected chi connectivity index (χ3v) is 3.44. The standard InChI is InChI=1S/C13H17ClFN/c14-12-5-1-3-11(9-12)13(15)10-4-2-7-16-8-6-10/h1,3,5,9-10,13,16H,2,4,6-8H2. The van der Waals surface area contributed by atoms with Crippen molar-refractivity contribution in [1.29, 1.82) is 0 Å². The fourth-order valence-corrected chi connectivity index (χ4v) is 2.49. The summed E-state index contributed by atoms with van der Waals surface area (Å²) < 4.78 is 14.3. The minimum absolute atomic E-state index is 0.133. The Hall–Kier alpha value is -0.600. The molecule has 2 rings (SSSR count). The zero-order valence-electron chi connectivity index (χ0n) is 9.26. The summed E-state index contributed by atoms with van der Waals surface area (Å²) in [7, 11) is 0. The summed E-state index contributed by atoms with van der Waals surface area (Å²) >= 11 is 5.88. The molecule has 0 saturated carbocycles. The van der Waals surface area contributed by atoms with Gasteiger partial charge in [0.2, 0.25) is 0 Å². The molecular weight excluding hydrogens is 225 g/mol. The molecule has 0 amide bonds. The molecule has 0 bridgehead atoms. The van der Waals surface area contributed by atoms with Gasteiger partial charge in [-0.2, -0.15) is 0 Å². The molecular formula is C13H17ClFN. The van der Waals surface area contributed by atoms with Crippen LogP contribution in [0.5, 0.6) is 0 Å². The van der Waals surface area contributed by atoms with E-state index in [1.807, 2.05) is 12.1 Å². The van der Waals surface area contributed by atoms with Gasteiger partial charge in [0.05, 0.1) is 0 Å². The smallest absolute Gasteiger partial charge is 0.128 e. The lowest BCUT2D eigenvalue weighted by molar-refractivity contribution is 0.215. The van der Waals surface area contributed by atoms with E-state index in [1.165, 1.54) is 0 Å². The van der Waals surface area contributed by atoms with Crippen molar-refractivity contribution in [2.45, 2.75) is 25.4 Å². The second-order valence-electron chi connectivity index (χ2n) is 4.40. The number of hydrogen-bond acceptors (Lipinski definition) is 1. The summed E-state index contributed by atoms with van der Waals surface area (Å²) in [5, 5.41) is 3.92. The zero-order valence-corrected chi connectivity index (χ0v) is 10.0. The van der Waals surface area contributed by atoms with Gasteiger partial charge in [-0.25, -0.2) is 4.39 Å². The number of alkyl halides is 1. The van der Waals surface area contributed by atoms with Gasteiger partial charge < -0.3 is 5.32 Å². The summed E-state index contributed by atoms with van der Waals surface area (Å²) in [6, 6.07) is 7.17. The molecule has 0 spiro atoms. The molecule has 16 heavy (non-hydrogen) atoms. The number of nitrogens with one attached hydrogen (secondary N) is 1. The fraction of sp³-hybridized carbons (Fsp3) is 0.538. The summed E-state index contributed by atoms with van der Waals surface area (Å²) in [6.45, 7) is 1.93. The summed E-state index contributed by atoms with van der Waals surface area (Å²) in [4.78, 5) is 0. The first kappa shape index (κ1) is 11.9. The molecule has 1 fully saturated rings. The van der Waals surface area contributed by atoms with Crippen LogP contribution >= 0.6 is 11.6 Å². The molecule has 1 aromatic carbocycles. The first-order valence-corrected chi connectivity index (χ1v) is 6.25. The molecule has 1 aliphatic rings. The zero-order chi connectivity index (χ0) is 11.4. The minimum Gasteiger partial charge on any atom is -0.317 e. The van der Waals surface area contributed by atoms with E-state index in [1.54, 1.807) is 12.1 Å². The topological polar surface area (TPSA) is 12.0 Å². The Morgan fingerprint density at radius 2 is 2.19 bits per heavy atom. The highest BCUT2D eigenvalue weighted by molar-refractivity contribution is 6.30. The lowest BCUT2D eigenvalue weighted by Crippen LogP contribution is -2.15. The van der Waals surface area contributed by atoms with Crippen LogP contribution in [-0.2, 0) is 0 Å². The van der Waals surface area contributed by atoms with Crippen molar-refractivity contribution >= 4 is 11.6 Å². The van der Waals surface area contributed by atoms with Crippen molar-refractivity contribution in [1.82, 2.24) is 5.32 Å². The summed E-state index contributed by atoms with van der Waals surface area (Å²) in [5.41, 5.74) is 0.722. The lowest BCUT2D eigenvalue weighted by atomic mass is 9.91. The third-order valence-electron chi connectivity index (χ3n) is 3.20. The van der Waals surface area contributed by atoms with Crippen LogP contribution < -0.4 is 5.32 Å². The third kappa shape index (κ3) is 2.96. The molecule has 88 valence electrons. The fourth-order valence-electron chi connectivity index (χ4n) is 2.29. The molecule has 2 atom stereocenters. The molecule has 1 heterocycles. The van der Waals surface area contributed by atoms with Gasteiger partial charge in [0.25, 0.3) is 0 Å². The van der Waals surface area contributed by atoms with E-state index in [0.717, 1.165) is 37.9 Å². The Balaban J connectivity index is 2.07. The maximum absolute atomic E-state index is 14.3. The Morgan fingerprint density at radius 3 is 3.00 bits per heavy atom. The largest absolute Gasteiger partial charge is 0.317 e. The second kappa shape index (κ2) is 5.65. The molecule has 1 aromatic rings. The first-order chi connectivity index (χ1) is 7.77. The monoisotopic (exact) mass is 241 g/mol. The summed E-state index contributed by atoms with van der Waals surface area (Å²) in [6.07, 6.45) is 2.05. The molecule has 1 N–H and O–H groups in total. The van der Waals surface area contributed by atoms with E-state index in [9.17, 15) is 4.39 Å². The van der Waals surface area contributed by atoms with Crippen LogP contribution in [-0.4, -0.2) is 13.1 Å². The van der Waals surface area contributed by atoms with Gasteiger partial charge in [0.15, 0.2) is 0 Å². The van der Waals surface area contributed by atoms with Gasteiger partial charge in [-0.1, -0.05) is 23.7 Å². The van der Waals surface area contributed by atoms with Crippen LogP contribution in [0.3, 0.4) is 0 Å². The van der Waals surface area contributed by atoms with E-state index in [-0.39, 0.29) is 5.92 Å². The van der Waals surface area contributed by atoms with E-state index >= 15 is 0 Å². The highest BCUT2D eigenvalue weighted by atomic mass is 35.5. The Bertz CT molecular complexity index is 334. The van der Waals surface area contributed by atoms with Crippen LogP contribution in [0.1, 0.15) is 31.0 Å².